The maximum atomic E-state index is 14.2. The van der Waals surface area contributed by atoms with Gasteiger partial charge in [-0.25, -0.2) is 14.4 Å². The third-order valence-electron chi connectivity index (χ3n) is 5.95. The number of hydrogen-bond acceptors (Lipinski definition) is 5. The Morgan fingerprint density at radius 1 is 1.20 bits per heavy atom. The zero-order valence-corrected chi connectivity index (χ0v) is 19.8. The molecule has 1 unspecified atom stereocenters. The first-order valence-corrected chi connectivity index (χ1v) is 11.7. The van der Waals surface area contributed by atoms with E-state index in [0.717, 1.165) is 29.3 Å². The van der Waals surface area contributed by atoms with Crippen molar-refractivity contribution < 1.29 is 19.0 Å². The minimum absolute atomic E-state index is 0.300. The lowest BCUT2D eigenvalue weighted by Crippen LogP contribution is -2.19. The van der Waals surface area contributed by atoms with E-state index in [1.54, 1.807) is 6.92 Å². The lowest BCUT2D eigenvalue weighted by Gasteiger charge is -2.09. The number of benzene rings is 2. The van der Waals surface area contributed by atoms with Crippen LogP contribution in [-0.4, -0.2) is 39.2 Å². The summed E-state index contributed by atoms with van der Waals surface area (Å²) in [6.07, 6.45) is 2.90. The predicted molar refractivity (Wildman–Crippen MR) is 133 cm³/mol. The molecule has 0 spiro atoms. The predicted octanol–water partition coefficient (Wildman–Crippen LogP) is 5.07. The summed E-state index contributed by atoms with van der Waals surface area (Å²) >= 11 is 0. The molecule has 0 radical (unpaired) electrons. The summed E-state index contributed by atoms with van der Waals surface area (Å²) in [5, 5.41) is 13.3. The molecule has 7 nitrogen and oxygen atoms in total. The third-order valence-corrected chi connectivity index (χ3v) is 5.95. The van der Waals surface area contributed by atoms with Gasteiger partial charge in [-0.05, 0) is 56.1 Å². The summed E-state index contributed by atoms with van der Waals surface area (Å²) in [6, 6.07) is 15.4. The van der Waals surface area contributed by atoms with E-state index in [-0.39, 0.29) is 0 Å². The van der Waals surface area contributed by atoms with Gasteiger partial charge in [0.15, 0.2) is 11.6 Å². The number of halogens is 1. The van der Waals surface area contributed by atoms with E-state index < -0.39 is 17.7 Å². The molecule has 0 aliphatic heterocycles. The maximum absolute atomic E-state index is 14.2. The molecule has 0 bridgehead atoms. The van der Waals surface area contributed by atoms with Crippen LogP contribution in [0.4, 0.5) is 4.39 Å². The largest absolute Gasteiger partial charge is 0.494 e. The van der Waals surface area contributed by atoms with Gasteiger partial charge >= 0.3 is 5.97 Å². The van der Waals surface area contributed by atoms with Crippen LogP contribution in [0.25, 0.3) is 22.3 Å². The van der Waals surface area contributed by atoms with Crippen LogP contribution in [0.2, 0.25) is 0 Å². The van der Waals surface area contributed by atoms with Crippen molar-refractivity contribution in [2.75, 3.05) is 13.2 Å². The van der Waals surface area contributed by atoms with Gasteiger partial charge in [0, 0.05) is 28.7 Å². The zero-order valence-electron chi connectivity index (χ0n) is 19.8. The molecule has 2 aromatic heterocycles. The fraction of sp³-hybridized carbons (Fsp3) is 0.296. The molecule has 4 rings (SSSR count). The number of nitrogens with zero attached hydrogens (tertiary/aromatic N) is 2. The number of fused-ring (bicyclic) bond motifs is 1. The van der Waals surface area contributed by atoms with Gasteiger partial charge in [0.25, 0.3) is 0 Å². The minimum atomic E-state index is -0.871. The Morgan fingerprint density at radius 3 is 2.74 bits per heavy atom. The molecule has 0 saturated heterocycles. The van der Waals surface area contributed by atoms with Gasteiger partial charge in [0.05, 0.1) is 24.4 Å². The number of aryl methyl sites for hydroxylation is 1. The molecule has 3 N–H and O–H groups in total. The van der Waals surface area contributed by atoms with Gasteiger partial charge in [0.2, 0.25) is 0 Å². The Morgan fingerprint density at radius 2 is 2.00 bits per heavy atom. The van der Waals surface area contributed by atoms with Crippen molar-refractivity contribution in [3.05, 3.63) is 77.5 Å². The van der Waals surface area contributed by atoms with Gasteiger partial charge in [-0.15, -0.1) is 0 Å². The molecule has 2 aromatic carbocycles. The van der Waals surface area contributed by atoms with Gasteiger partial charge in [-0.3, -0.25) is 4.79 Å². The van der Waals surface area contributed by atoms with E-state index in [4.69, 9.17) is 4.74 Å². The summed E-state index contributed by atoms with van der Waals surface area (Å²) in [7, 11) is 0. The summed E-state index contributed by atoms with van der Waals surface area (Å²) in [5.41, 5.74) is 3.95. The molecule has 2 heterocycles. The van der Waals surface area contributed by atoms with Crippen LogP contribution < -0.4 is 10.1 Å². The van der Waals surface area contributed by atoms with Gasteiger partial charge < -0.3 is 20.1 Å². The highest BCUT2D eigenvalue weighted by molar-refractivity contribution is 5.84. The molecule has 0 amide bonds. The fourth-order valence-corrected chi connectivity index (χ4v) is 3.74. The molecule has 0 saturated carbocycles. The number of aromatic nitrogens is 3. The van der Waals surface area contributed by atoms with Crippen molar-refractivity contribution in [2.45, 2.75) is 39.2 Å². The molecule has 0 fully saturated rings. The van der Waals surface area contributed by atoms with Crippen molar-refractivity contribution in [1.82, 2.24) is 20.3 Å². The van der Waals surface area contributed by atoms with Crippen LogP contribution in [0.15, 0.2) is 54.7 Å². The molecule has 35 heavy (non-hydrogen) atoms. The number of carboxylic acids is 1. The Balaban J connectivity index is 1.26. The third kappa shape index (κ3) is 6.02. The van der Waals surface area contributed by atoms with Gasteiger partial charge in [-0.2, -0.15) is 0 Å². The zero-order chi connectivity index (χ0) is 24.8. The first-order chi connectivity index (χ1) is 16.9. The topological polar surface area (TPSA) is 100 Å². The number of nitrogens with one attached hydrogen (secondary N) is 2. The summed E-state index contributed by atoms with van der Waals surface area (Å²) < 4.78 is 20.0. The van der Waals surface area contributed by atoms with E-state index in [0.29, 0.717) is 42.7 Å². The molecule has 8 heteroatoms. The molecular weight excluding hydrogens is 447 g/mol. The average Bonchev–Trinajstić information content (AvgIpc) is 3.30. The highest BCUT2D eigenvalue weighted by Gasteiger charge is 2.16. The Bertz CT molecular complexity index is 1300. The smallest absolute Gasteiger partial charge is 0.312 e. The minimum Gasteiger partial charge on any atom is -0.494 e. The lowest BCUT2D eigenvalue weighted by molar-refractivity contribution is -0.138. The summed E-state index contributed by atoms with van der Waals surface area (Å²) in [5.74, 6) is -0.680. The maximum Gasteiger partial charge on any atom is 0.312 e. The van der Waals surface area contributed by atoms with Crippen molar-refractivity contribution in [2.24, 2.45) is 0 Å². The normalized spacial score (nSPS) is 12.1. The lowest BCUT2D eigenvalue weighted by atomic mass is 10.1. The number of hydrogen-bond donors (Lipinski definition) is 3. The van der Waals surface area contributed by atoms with Crippen molar-refractivity contribution in [1.29, 1.82) is 0 Å². The second-order valence-electron chi connectivity index (χ2n) is 8.45. The summed E-state index contributed by atoms with van der Waals surface area (Å²) in [6.45, 7) is 5.17. The van der Waals surface area contributed by atoms with Crippen LogP contribution in [0.3, 0.4) is 0 Å². The molecule has 0 aliphatic rings. The van der Waals surface area contributed by atoms with E-state index in [1.807, 2.05) is 48.5 Å². The van der Waals surface area contributed by atoms with Crippen LogP contribution in [0.1, 0.15) is 43.1 Å². The second kappa shape index (κ2) is 11.1. The molecule has 0 aliphatic carbocycles. The van der Waals surface area contributed by atoms with Crippen molar-refractivity contribution in [3.8, 4) is 17.1 Å². The molecular formula is C27H29FN4O3. The Hall–Kier alpha value is -3.78. The van der Waals surface area contributed by atoms with E-state index >= 15 is 0 Å². The van der Waals surface area contributed by atoms with E-state index in [2.05, 4.69) is 27.2 Å². The Kier molecular flexibility index (Phi) is 7.72. The quantitative estimate of drug-likeness (QED) is 0.261. The number of aromatic amines is 1. The SMILES string of the molecule is CCc1ccc(-c2ncc(F)c(CNCCCOc3ccc4[nH]c(C(C)C(=O)O)cc4c3)n2)cc1. The Labute approximate surface area is 203 Å². The molecule has 4 aromatic rings. The number of carbonyl (C=O) groups is 1. The van der Waals surface area contributed by atoms with Gasteiger partial charge in [-0.1, -0.05) is 31.2 Å². The summed E-state index contributed by atoms with van der Waals surface area (Å²) in [4.78, 5) is 22.9. The first-order valence-electron chi connectivity index (χ1n) is 11.7. The monoisotopic (exact) mass is 476 g/mol. The number of aliphatic carboxylic acids is 1. The fourth-order valence-electron chi connectivity index (χ4n) is 3.74. The number of H-pyrrole nitrogens is 1. The van der Waals surface area contributed by atoms with E-state index in [1.165, 1.54) is 11.8 Å². The average molecular weight is 477 g/mol. The van der Waals surface area contributed by atoms with Crippen LogP contribution in [-0.2, 0) is 17.8 Å². The molecule has 1 atom stereocenters. The van der Waals surface area contributed by atoms with Crippen LogP contribution in [0.5, 0.6) is 5.75 Å². The number of rotatable bonds is 11. The standard InChI is InChI=1S/C27H29FN4O3/c1-3-18-5-7-19(8-6-18)26-30-15-22(28)25(32-26)16-29-11-4-12-35-21-9-10-23-20(13-21)14-24(31-23)17(2)27(33)34/h5-10,13-15,17,29,31H,3-4,11-12,16H2,1-2H3,(H,33,34). The van der Waals surface area contributed by atoms with Crippen LogP contribution in [0, 0.1) is 5.82 Å². The first kappa shape index (κ1) is 24.3. The second-order valence-corrected chi connectivity index (χ2v) is 8.45. The van der Waals surface area contributed by atoms with Crippen molar-refractivity contribution in [3.63, 3.8) is 0 Å². The van der Waals surface area contributed by atoms with Crippen LogP contribution >= 0.6 is 0 Å². The van der Waals surface area contributed by atoms with Crippen molar-refractivity contribution >= 4 is 16.9 Å². The number of carboxylic acid groups (broad SMARTS) is 1. The highest BCUT2D eigenvalue weighted by Crippen LogP contribution is 2.25. The molecule has 182 valence electrons. The number of ether oxygens (including phenoxy) is 1. The van der Waals surface area contributed by atoms with Gasteiger partial charge in [0.1, 0.15) is 5.75 Å². The van der Waals surface area contributed by atoms with E-state index in [9.17, 15) is 14.3 Å². The highest BCUT2D eigenvalue weighted by atomic mass is 19.1.